The Hall–Kier alpha value is -1.06. The second-order valence-corrected chi connectivity index (χ2v) is 6.78. The highest BCUT2D eigenvalue weighted by Crippen LogP contribution is 2.38. The number of benzene rings is 1. The maximum Gasteiger partial charge on any atom is 0.0400 e. The Kier molecular flexibility index (Phi) is 3.74. The van der Waals surface area contributed by atoms with E-state index < -0.39 is 0 Å². The molecule has 110 valence electrons. The van der Waals surface area contributed by atoms with Crippen LogP contribution in [0, 0.1) is 0 Å². The summed E-state index contributed by atoms with van der Waals surface area (Å²) in [7, 11) is 0. The molecule has 0 spiro atoms. The summed E-state index contributed by atoms with van der Waals surface area (Å²) in [6.07, 6.45) is 3.40. The number of nitrogens with two attached hydrogens (primary N) is 1. The molecule has 3 heteroatoms. The average molecular weight is 273 g/mol. The van der Waals surface area contributed by atoms with Crippen molar-refractivity contribution >= 4 is 5.69 Å². The highest BCUT2D eigenvalue weighted by atomic mass is 15.3. The van der Waals surface area contributed by atoms with E-state index in [4.69, 9.17) is 5.73 Å². The Labute approximate surface area is 122 Å². The second kappa shape index (κ2) is 5.38. The zero-order chi connectivity index (χ0) is 14.2. The topological polar surface area (TPSA) is 32.5 Å². The van der Waals surface area contributed by atoms with Crippen LogP contribution >= 0.6 is 0 Å². The van der Waals surface area contributed by atoms with Crippen molar-refractivity contribution < 1.29 is 0 Å². The summed E-state index contributed by atoms with van der Waals surface area (Å²) in [6.45, 7) is 9.17. The minimum Gasteiger partial charge on any atom is -0.369 e. The van der Waals surface area contributed by atoms with Gasteiger partial charge in [0.25, 0.3) is 0 Å². The molecule has 1 saturated heterocycles. The van der Waals surface area contributed by atoms with E-state index in [9.17, 15) is 0 Å². The molecule has 3 rings (SSSR count). The standard InChI is InChI=1S/C17H27N3/c1-14(2)19-9-11-20(12-10-19)16-6-4-3-5-15(16)13-17(18)7-8-17/h3-6,14H,7-13,18H2,1-2H3. The van der Waals surface area contributed by atoms with Crippen LogP contribution in [-0.4, -0.2) is 42.7 Å². The average Bonchev–Trinajstić information content (AvgIpc) is 3.17. The van der Waals surface area contributed by atoms with Gasteiger partial charge in [0.05, 0.1) is 0 Å². The highest BCUT2D eigenvalue weighted by molar-refractivity contribution is 5.55. The van der Waals surface area contributed by atoms with Crippen LogP contribution in [0.1, 0.15) is 32.3 Å². The third kappa shape index (κ3) is 2.99. The van der Waals surface area contributed by atoms with E-state index in [-0.39, 0.29) is 5.54 Å². The fourth-order valence-corrected chi connectivity index (χ4v) is 3.16. The Morgan fingerprint density at radius 3 is 2.35 bits per heavy atom. The van der Waals surface area contributed by atoms with E-state index in [1.165, 1.54) is 37.2 Å². The van der Waals surface area contributed by atoms with Crippen LogP contribution in [0.2, 0.25) is 0 Å². The molecular weight excluding hydrogens is 246 g/mol. The molecule has 20 heavy (non-hydrogen) atoms. The molecule has 0 radical (unpaired) electrons. The quantitative estimate of drug-likeness (QED) is 0.913. The first kappa shape index (κ1) is 13.9. The van der Waals surface area contributed by atoms with Gasteiger partial charge in [-0.15, -0.1) is 0 Å². The molecule has 2 aliphatic rings. The lowest BCUT2D eigenvalue weighted by Crippen LogP contribution is -2.49. The summed E-state index contributed by atoms with van der Waals surface area (Å²) in [5.41, 5.74) is 9.25. The van der Waals surface area contributed by atoms with Gasteiger partial charge in [-0.1, -0.05) is 18.2 Å². The number of nitrogens with zero attached hydrogens (tertiary/aromatic N) is 2. The molecule has 0 unspecified atom stereocenters. The van der Waals surface area contributed by atoms with Crippen LogP contribution in [0.15, 0.2) is 24.3 Å². The first-order valence-electron chi connectivity index (χ1n) is 7.93. The Bertz CT molecular complexity index is 457. The SMILES string of the molecule is CC(C)N1CCN(c2ccccc2CC2(N)CC2)CC1. The molecule has 1 heterocycles. The molecule has 2 fully saturated rings. The maximum atomic E-state index is 6.31. The smallest absolute Gasteiger partial charge is 0.0400 e. The summed E-state index contributed by atoms with van der Waals surface area (Å²) in [5.74, 6) is 0. The van der Waals surface area contributed by atoms with Gasteiger partial charge < -0.3 is 10.6 Å². The molecule has 1 aromatic carbocycles. The summed E-state index contributed by atoms with van der Waals surface area (Å²) in [6, 6.07) is 9.49. The van der Waals surface area contributed by atoms with Crippen LogP contribution in [0.25, 0.3) is 0 Å². The molecule has 0 aromatic heterocycles. The van der Waals surface area contributed by atoms with E-state index in [1.807, 2.05) is 0 Å². The molecule has 1 saturated carbocycles. The van der Waals surface area contributed by atoms with Gasteiger partial charge in [0, 0.05) is 43.4 Å². The van der Waals surface area contributed by atoms with Gasteiger partial charge in [-0.2, -0.15) is 0 Å². The van der Waals surface area contributed by atoms with Gasteiger partial charge in [-0.3, -0.25) is 4.90 Å². The van der Waals surface area contributed by atoms with Crippen LogP contribution in [-0.2, 0) is 6.42 Å². The van der Waals surface area contributed by atoms with Gasteiger partial charge >= 0.3 is 0 Å². The van der Waals surface area contributed by atoms with E-state index >= 15 is 0 Å². The number of hydrogen-bond donors (Lipinski definition) is 1. The number of hydrogen-bond acceptors (Lipinski definition) is 3. The van der Waals surface area contributed by atoms with Crippen molar-refractivity contribution in [2.24, 2.45) is 5.73 Å². The van der Waals surface area contributed by atoms with Gasteiger partial charge in [-0.25, -0.2) is 0 Å². The Morgan fingerprint density at radius 2 is 1.75 bits per heavy atom. The fourth-order valence-electron chi connectivity index (χ4n) is 3.16. The largest absolute Gasteiger partial charge is 0.369 e. The van der Waals surface area contributed by atoms with Crippen molar-refractivity contribution in [1.82, 2.24) is 4.90 Å². The lowest BCUT2D eigenvalue weighted by atomic mass is 10.0. The first-order chi connectivity index (χ1) is 9.57. The summed E-state index contributed by atoms with van der Waals surface area (Å²) >= 11 is 0. The van der Waals surface area contributed by atoms with Gasteiger partial charge in [0.2, 0.25) is 0 Å². The van der Waals surface area contributed by atoms with Crippen molar-refractivity contribution in [3.8, 4) is 0 Å². The number of para-hydroxylation sites is 1. The highest BCUT2D eigenvalue weighted by Gasteiger charge is 2.38. The minimum atomic E-state index is 0.0931. The third-order valence-corrected chi connectivity index (χ3v) is 4.81. The van der Waals surface area contributed by atoms with E-state index in [0.717, 1.165) is 19.5 Å². The predicted octanol–water partition coefficient (Wildman–Crippen LogP) is 2.25. The predicted molar refractivity (Wildman–Crippen MR) is 85.2 cm³/mol. The van der Waals surface area contributed by atoms with Crippen LogP contribution in [0.3, 0.4) is 0 Å². The monoisotopic (exact) mass is 273 g/mol. The molecular formula is C17H27N3. The number of anilines is 1. The molecule has 3 nitrogen and oxygen atoms in total. The molecule has 2 N–H and O–H groups in total. The van der Waals surface area contributed by atoms with Crippen molar-refractivity contribution in [3.05, 3.63) is 29.8 Å². The third-order valence-electron chi connectivity index (χ3n) is 4.81. The zero-order valence-electron chi connectivity index (χ0n) is 12.8. The van der Waals surface area contributed by atoms with Gasteiger partial charge in [0.1, 0.15) is 0 Å². The summed E-state index contributed by atoms with van der Waals surface area (Å²) in [4.78, 5) is 5.10. The lowest BCUT2D eigenvalue weighted by molar-refractivity contribution is 0.209. The van der Waals surface area contributed by atoms with Crippen molar-refractivity contribution in [2.75, 3.05) is 31.1 Å². The lowest BCUT2D eigenvalue weighted by Gasteiger charge is -2.39. The van der Waals surface area contributed by atoms with E-state index in [0.29, 0.717) is 6.04 Å². The molecule has 1 aromatic rings. The number of rotatable bonds is 4. The van der Waals surface area contributed by atoms with Crippen molar-refractivity contribution in [1.29, 1.82) is 0 Å². The summed E-state index contributed by atoms with van der Waals surface area (Å²) < 4.78 is 0. The Balaban J connectivity index is 1.71. The summed E-state index contributed by atoms with van der Waals surface area (Å²) in [5, 5.41) is 0. The molecule has 0 bridgehead atoms. The fraction of sp³-hybridized carbons (Fsp3) is 0.647. The van der Waals surface area contributed by atoms with Crippen molar-refractivity contribution in [3.63, 3.8) is 0 Å². The molecule has 1 aliphatic carbocycles. The second-order valence-electron chi connectivity index (χ2n) is 6.78. The molecule has 0 amide bonds. The van der Waals surface area contributed by atoms with Gasteiger partial charge in [-0.05, 0) is 44.7 Å². The molecule has 0 atom stereocenters. The van der Waals surface area contributed by atoms with Gasteiger partial charge in [0.15, 0.2) is 0 Å². The van der Waals surface area contributed by atoms with Crippen LogP contribution < -0.4 is 10.6 Å². The molecule has 1 aliphatic heterocycles. The van der Waals surface area contributed by atoms with Crippen LogP contribution in [0.5, 0.6) is 0 Å². The normalized spacial score (nSPS) is 22.3. The minimum absolute atomic E-state index is 0.0931. The zero-order valence-corrected chi connectivity index (χ0v) is 12.8. The first-order valence-corrected chi connectivity index (χ1v) is 7.93. The van der Waals surface area contributed by atoms with Crippen molar-refractivity contribution in [2.45, 2.75) is 44.7 Å². The van der Waals surface area contributed by atoms with Crippen LogP contribution in [0.4, 0.5) is 5.69 Å². The maximum absolute atomic E-state index is 6.31. The van der Waals surface area contributed by atoms with E-state index in [2.05, 4.69) is 47.9 Å². The Morgan fingerprint density at radius 1 is 1.10 bits per heavy atom. The number of piperazine rings is 1. The van der Waals surface area contributed by atoms with E-state index in [1.54, 1.807) is 0 Å².